The fraction of sp³-hybridized carbons (Fsp3) is 0.500. The number of nitrogens with one attached hydrogen (secondary N) is 1. The molecule has 0 aliphatic rings. The molecule has 1 amide bonds. The monoisotopic (exact) mass is 283 g/mol. The highest BCUT2D eigenvalue weighted by molar-refractivity contribution is 7.80. The first-order chi connectivity index (χ1) is 8.81. The standard InChI is InChI=1S/C14H21NO3S/c1-14(2,3)18-13(17)15-11-7-6-10(5-4-8-19)9-12(11)16/h6-7,9,16,19H,4-5,8H2,1-3H3,(H,15,17). The highest BCUT2D eigenvalue weighted by Gasteiger charge is 2.17. The van der Waals surface area contributed by atoms with Crippen LogP contribution >= 0.6 is 12.6 Å². The Hall–Kier alpha value is -1.36. The van der Waals surface area contributed by atoms with Crippen LogP contribution in [0, 0.1) is 0 Å². The van der Waals surface area contributed by atoms with E-state index < -0.39 is 11.7 Å². The molecule has 0 saturated carbocycles. The number of phenols is 1. The van der Waals surface area contributed by atoms with Gasteiger partial charge in [-0.25, -0.2) is 4.79 Å². The lowest BCUT2D eigenvalue weighted by Crippen LogP contribution is -2.27. The van der Waals surface area contributed by atoms with Crippen molar-refractivity contribution in [2.24, 2.45) is 0 Å². The Labute approximate surface area is 119 Å². The highest BCUT2D eigenvalue weighted by Crippen LogP contribution is 2.25. The molecule has 106 valence electrons. The highest BCUT2D eigenvalue weighted by atomic mass is 32.1. The molecule has 0 bridgehead atoms. The van der Waals surface area contributed by atoms with Gasteiger partial charge in [0, 0.05) is 0 Å². The van der Waals surface area contributed by atoms with E-state index in [0.29, 0.717) is 5.69 Å². The summed E-state index contributed by atoms with van der Waals surface area (Å²) in [6.45, 7) is 5.35. The van der Waals surface area contributed by atoms with E-state index in [1.54, 1.807) is 32.9 Å². The maximum atomic E-state index is 11.6. The zero-order valence-corrected chi connectivity index (χ0v) is 12.5. The largest absolute Gasteiger partial charge is 0.506 e. The summed E-state index contributed by atoms with van der Waals surface area (Å²) in [6, 6.07) is 5.19. The number of anilines is 1. The van der Waals surface area contributed by atoms with Gasteiger partial charge in [-0.1, -0.05) is 6.07 Å². The summed E-state index contributed by atoms with van der Waals surface area (Å²) in [5, 5.41) is 12.4. The third-order valence-corrected chi connectivity index (χ3v) is 2.64. The van der Waals surface area contributed by atoms with Gasteiger partial charge in [0.1, 0.15) is 11.4 Å². The molecule has 0 radical (unpaired) electrons. The molecule has 5 heteroatoms. The minimum atomic E-state index is -0.578. The van der Waals surface area contributed by atoms with Crippen LogP contribution in [0.5, 0.6) is 5.75 Å². The first kappa shape index (κ1) is 15.7. The van der Waals surface area contributed by atoms with Crippen LogP contribution in [-0.4, -0.2) is 22.6 Å². The first-order valence-corrected chi connectivity index (χ1v) is 6.88. The van der Waals surface area contributed by atoms with Crippen molar-refractivity contribution in [2.75, 3.05) is 11.1 Å². The van der Waals surface area contributed by atoms with Crippen LogP contribution in [0.15, 0.2) is 18.2 Å². The van der Waals surface area contributed by atoms with E-state index in [4.69, 9.17) is 4.74 Å². The molecule has 0 atom stereocenters. The van der Waals surface area contributed by atoms with E-state index in [0.717, 1.165) is 24.2 Å². The Balaban J connectivity index is 2.67. The number of hydrogen-bond donors (Lipinski definition) is 3. The van der Waals surface area contributed by atoms with Gasteiger partial charge in [-0.05, 0) is 57.1 Å². The topological polar surface area (TPSA) is 58.6 Å². The molecule has 0 aliphatic carbocycles. The van der Waals surface area contributed by atoms with Crippen molar-refractivity contribution in [1.82, 2.24) is 0 Å². The van der Waals surface area contributed by atoms with Crippen molar-refractivity contribution in [1.29, 1.82) is 0 Å². The lowest BCUT2D eigenvalue weighted by molar-refractivity contribution is 0.0635. The Morgan fingerprint density at radius 3 is 2.63 bits per heavy atom. The van der Waals surface area contributed by atoms with Gasteiger partial charge in [0.25, 0.3) is 0 Å². The van der Waals surface area contributed by atoms with E-state index in [-0.39, 0.29) is 5.75 Å². The molecule has 0 aliphatic heterocycles. The summed E-state index contributed by atoms with van der Waals surface area (Å²) in [6.07, 6.45) is 1.22. The van der Waals surface area contributed by atoms with Crippen molar-refractivity contribution < 1.29 is 14.6 Å². The zero-order chi connectivity index (χ0) is 14.5. The van der Waals surface area contributed by atoms with Gasteiger partial charge >= 0.3 is 6.09 Å². The number of benzene rings is 1. The molecule has 0 unspecified atom stereocenters. The number of aryl methyl sites for hydroxylation is 1. The summed E-state index contributed by atoms with van der Waals surface area (Å²) in [7, 11) is 0. The van der Waals surface area contributed by atoms with Gasteiger partial charge in [-0.3, -0.25) is 5.32 Å². The van der Waals surface area contributed by atoms with Crippen LogP contribution < -0.4 is 5.32 Å². The first-order valence-electron chi connectivity index (χ1n) is 6.24. The second-order valence-electron chi connectivity index (χ2n) is 5.31. The van der Waals surface area contributed by atoms with Crippen molar-refractivity contribution in [3.05, 3.63) is 23.8 Å². The molecule has 1 aromatic carbocycles. The maximum Gasteiger partial charge on any atom is 0.412 e. The smallest absolute Gasteiger partial charge is 0.412 e. The number of aromatic hydroxyl groups is 1. The predicted octanol–water partition coefficient (Wildman–Crippen LogP) is 3.60. The number of carbonyl (C=O) groups excluding carboxylic acids is 1. The zero-order valence-electron chi connectivity index (χ0n) is 11.6. The van der Waals surface area contributed by atoms with Crippen LogP contribution in [0.1, 0.15) is 32.8 Å². The molecule has 1 rings (SSSR count). The minimum Gasteiger partial charge on any atom is -0.506 e. The molecule has 0 aromatic heterocycles. The lowest BCUT2D eigenvalue weighted by Gasteiger charge is -2.20. The molecule has 4 nitrogen and oxygen atoms in total. The molecule has 0 heterocycles. The fourth-order valence-corrected chi connectivity index (χ4v) is 1.69. The molecule has 0 fully saturated rings. The van der Waals surface area contributed by atoms with Gasteiger partial charge in [0.15, 0.2) is 0 Å². The van der Waals surface area contributed by atoms with Gasteiger partial charge in [0.05, 0.1) is 5.69 Å². The summed E-state index contributed by atoms with van der Waals surface area (Å²) < 4.78 is 5.12. The van der Waals surface area contributed by atoms with E-state index in [1.807, 2.05) is 6.07 Å². The third-order valence-electron chi connectivity index (χ3n) is 2.32. The predicted molar refractivity (Wildman–Crippen MR) is 80.1 cm³/mol. The summed E-state index contributed by atoms with van der Waals surface area (Å²) >= 11 is 4.15. The van der Waals surface area contributed by atoms with Crippen LogP contribution in [0.25, 0.3) is 0 Å². The second-order valence-corrected chi connectivity index (χ2v) is 5.75. The number of ether oxygens (including phenoxy) is 1. The number of carbonyl (C=O) groups is 1. The van der Waals surface area contributed by atoms with Crippen molar-refractivity contribution >= 4 is 24.4 Å². The number of thiol groups is 1. The molecular formula is C14H21NO3S. The third kappa shape index (κ3) is 5.87. The average Bonchev–Trinajstić information content (AvgIpc) is 2.27. The number of amides is 1. The summed E-state index contributed by atoms with van der Waals surface area (Å²) in [4.78, 5) is 11.6. The number of hydrogen-bond acceptors (Lipinski definition) is 4. The van der Waals surface area contributed by atoms with Crippen molar-refractivity contribution in [2.45, 2.75) is 39.2 Å². The van der Waals surface area contributed by atoms with E-state index in [2.05, 4.69) is 17.9 Å². The van der Waals surface area contributed by atoms with Gasteiger partial charge < -0.3 is 9.84 Å². The van der Waals surface area contributed by atoms with Gasteiger partial charge in [-0.2, -0.15) is 12.6 Å². The number of phenolic OH excluding ortho intramolecular Hbond substituents is 1. The Bertz CT molecular complexity index is 441. The van der Waals surface area contributed by atoms with E-state index in [1.165, 1.54) is 0 Å². The van der Waals surface area contributed by atoms with E-state index >= 15 is 0 Å². The molecule has 1 aromatic rings. The number of rotatable bonds is 4. The van der Waals surface area contributed by atoms with Crippen molar-refractivity contribution in [3.63, 3.8) is 0 Å². The van der Waals surface area contributed by atoms with Crippen LogP contribution in [0.4, 0.5) is 10.5 Å². The molecule has 0 spiro atoms. The van der Waals surface area contributed by atoms with Gasteiger partial charge in [0.2, 0.25) is 0 Å². The Kier molecular flexibility index (Phi) is 5.54. The maximum absolute atomic E-state index is 11.6. The quantitative estimate of drug-likeness (QED) is 0.584. The Morgan fingerprint density at radius 1 is 1.42 bits per heavy atom. The molecule has 0 saturated heterocycles. The van der Waals surface area contributed by atoms with Crippen LogP contribution in [0.3, 0.4) is 0 Å². The lowest BCUT2D eigenvalue weighted by atomic mass is 10.1. The van der Waals surface area contributed by atoms with Crippen LogP contribution in [-0.2, 0) is 11.2 Å². The van der Waals surface area contributed by atoms with Gasteiger partial charge in [-0.15, -0.1) is 0 Å². The minimum absolute atomic E-state index is 0.0440. The second kappa shape index (κ2) is 6.70. The summed E-state index contributed by atoms with van der Waals surface area (Å²) in [5.41, 5.74) is 0.803. The van der Waals surface area contributed by atoms with E-state index in [9.17, 15) is 9.90 Å². The summed E-state index contributed by atoms with van der Waals surface area (Å²) in [5.74, 6) is 0.848. The Morgan fingerprint density at radius 2 is 2.11 bits per heavy atom. The molecule has 2 N–H and O–H groups in total. The SMILES string of the molecule is CC(C)(C)OC(=O)Nc1ccc(CCCS)cc1O. The van der Waals surface area contributed by atoms with Crippen LogP contribution in [0.2, 0.25) is 0 Å². The van der Waals surface area contributed by atoms with Crippen molar-refractivity contribution in [3.8, 4) is 5.75 Å². The molecular weight excluding hydrogens is 262 g/mol. The average molecular weight is 283 g/mol. The molecule has 19 heavy (non-hydrogen) atoms. The fourth-order valence-electron chi connectivity index (χ4n) is 1.54. The normalized spacial score (nSPS) is 11.2.